The van der Waals surface area contributed by atoms with Crippen LogP contribution < -0.4 is 5.32 Å². The van der Waals surface area contributed by atoms with E-state index in [0.29, 0.717) is 12.1 Å². The molecule has 1 N–H and O–H groups in total. The number of fused-ring (bicyclic) bond motifs is 1. The Morgan fingerprint density at radius 1 is 1.00 bits per heavy atom. The standard InChI is InChI=1S/C21H20N2O2/c1-14-7-10-16(11-8-14)13-23-20(19-12-9-15(2)25-19)22-18-6-4-3-5-17(18)21(23)24/h3-12,20,22H,13H2,1-2H3/t20-/m1/s1. The molecule has 1 aliphatic heterocycles. The second-order valence-corrected chi connectivity index (χ2v) is 6.46. The van der Waals surface area contributed by atoms with E-state index >= 15 is 0 Å². The topological polar surface area (TPSA) is 45.5 Å². The fraction of sp³-hybridized carbons (Fsp3) is 0.190. The summed E-state index contributed by atoms with van der Waals surface area (Å²) in [6, 6.07) is 19.7. The van der Waals surface area contributed by atoms with E-state index in [1.165, 1.54) is 5.56 Å². The van der Waals surface area contributed by atoms with E-state index < -0.39 is 0 Å². The van der Waals surface area contributed by atoms with Gasteiger partial charge in [-0.3, -0.25) is 4.79 Å². The number of anilines is 1. The number of hydrogen-bond acceptors (Lipinski definition) is 3. The van der Waals surface area contributed by atoms with Gasteiger partial charge in [0.25, 0.3) is 5.91 Å². The first kappa shape index (κ1) is 15.5. The molecule has 0 aliphatic carbocycles. The molecular formula is C21H20N2O2. The number of para-hydroxylation sites is 1. The second kappa shape index (κ2) is 6.13. The predicted molar refractivity (Wildman–Crippen MR) is 97.3 cm³/mol. The Bertz CT molecular complexity index is 912. The zero-order valence-electron chi connectivity index (χ0n) is 14.3. The molecule has 1 aromatic heterocycles. The number of carbonyl (C=O) groups is 1. The summed E-state index contributed by atoms with van der Waals surface area (Å²) in [5, 5.41) is 3.45. The van der Waals surface area contributed by atoms with Crippen molar-refractivity contribution in [2.75, 3.05) is 5.32 Å². The van der Waals surface area contributed by atoms with Crippen LogP contribution in [0.25, 0.3) is 0 Å². The van der Waals surface area contributed by atoms with Gasteiger partial charge in [0.15, 0.2) is 6.17 Å². The Kier molecular flexibility index (Phi) is 3.80. The van der Waals surface area contributed by atoms with Gasteiger partial charge in [0, 0.05) is 12.2 Å². The van der Waals surface area contributed by atoms with Gasteiger partial charge in [-0.2, -0.15) is 0 Å². The summed E-state index contributed by atoms with van der Waals surface area (Å²) in [7, 11) is 0. The highest BCUT2D eigenvalue weighted by atomic mass is 16.3. The van der Waals surface area contributed by atoms with Crippen molar-refractivity contribution in [3.8, 4) is 0 Å². The first-order valence-electron chi connectivity index (χ1n) is 8.40. The molecule has 1 aliphatic rings. The number of benzene rings is 2. The van der Waals surface area contributed by atoms with Crippen LogP contribution in [0.2, 0.25) is 0 Å². The maximum atomic E-state index is 13.1. The highest BCUT2D eigenvalue weighted by Crippen LogP contribution is 2.34. The third kappa shape index (κ3) is 2.91. The van der Waals surface area contributed by atoms with Crippen LogP contribution in [-0.2, 0) is 6.54 Å². The molecular weight excluding hydrogens is 312 g/mol. The van der Waals surface area contributed by atoms with Gasteiger partial charge < -0.3 is 14.6 Å². The van der Waals surface area contributed by atoms with Crippen molar-refractivity contribution in [1.82, 2.24) is 4.90 Å². The Morgan fingerprint density at radius 2 is 1.76 bits per heavy atom. The van der Waals surface area contributed by atoms with Gasteiger partial charge in [-0.15, -0.1) is 0 Å². The van der Waals surface area contributed by atoms with Crippen LogP contribution in [0.5, 0.6) is 0 Å². The van der Waals surface area contributed by atoms with Crippen LogP contribution in [0, 0.1) is 13.8 Å². The molecule has 0 spiro atoms. The quantitative estimate of drug-likeness (QED) is 0.758. The first-order valence-corrected chi connectivity index (χ1v) is 8.40. The summed E-state index contributed by atoms with van der Waals surface area (Å²) in [6.07, 6.45) is -0.322. The third-order valence-corrected chi connectivity index (χ3v) is 4.53. The van der Waals surface area contributed by atoms with Gasteiger partial charge in [-0.25, -0.2) is 0 Å². The molecule has 4 nitrogen and oxygen atoms in total. The summed E-state index contributed by atoms with van der Waals surface area (Å²) in [6.45, 7) is 4.49. The Labute approximate surface area is 147 Å². The van der Waals surface area contributed by atoms with Crippen molar-refractivity contribution in [3.63, 3.8) is 0 Å². The molecule has 4 heteroatoms. The van der Waals surface area contributed by atoms with Crippen LogP contribution >= 0.6 is 0 Å². The minimum atomic E-state index is -0.322. The van der Waals surface area contributed by atoms with Gasteiger partial charge in [0.2, 0.25) is 0 Å². The number of carbonyl (C=O) groups excluding carboxylic acids is 1. The minimum Gasteiger partial charge on any atom is -0.462 e. The Balaban J connectivity index is 1.74. The van der Waals surface area contributed by atoms with Gasteiger partial charge >= 0.3 is 0 Å². The second-order valence-electron chi connectivity index (χ2n) is 6.46. The van der Waals surface area contributed by atoms with Crippen LogP contribution in [0.3, 0.4) is 0 Å². The van der Waals surface area contributed by atoms with Crippen molar-refractivity contribution in [2.45, 2.75) is 26.6 Å². The maximum Gasteiger partial charge on any atom is 0.258 e. The van der Waals surface area contributed by atoms with Crippen molar-refractivity contribution in [2.24, 2.45) is 0 Å². The Morgan fingerprint density at radius 3 is 2.48 bits per heavy atom. The molecule has 2 aromatic carbocycles. The molecule has 1 amide bonds. The van der Waals surface area contributed by atoms with Crippen LogP contribution in [0.1, 0.15) is 39.2 Å². The van der Waals surface area contributed by atoms with Gasteiger partial charge in [0.1, 0.15) is 11.5 Å². The number of rotatable bonds is 3. The maximum absolute atomic E-state index is 13.1. The average molecular weight is 332 g/mol. The zero-order chi connectivity index (χ0) is 17.4. The molecule has 2 heterocycles. The molecule has 0 saturated carbocycles. The van der Waals surface area contributed by atoms with Gasteiger partial charge in [0.05, 0.1) is 5.56 Å². The number of nitrogens with one attached hydrogen (secondary N) is 1. The first-order chi connectivity index (χ1) is 12.1. The van der Waals surface area contributed by atoms with E-state index in [0.717, 1.165) is 22.8 Å². The lowest BCUT2D eigenvalue weighted by atomic mass is 10.0. The SMILES string of the molecule is Cc1ccc(CN2C(=O)c3ccccc3N[C@H]2c2ccc(C)o2)cc1. The molecule has 1 atom stereocenters. The number of furan rings is 1. The largest absolute Gasteiger partial charge is 0.462 e. The number of nitrogens with zero attached hydrogens (tertiary/aromatic N) is 1. The molecule has 0 radical (unpaired) electrons. The number of aryl methyl sites for hydroxylation is 2. The summed E-state index contributed by atoms with van der Waals surface area (Å²) < 4.78 is 5.82. The fourth-order valence-corrected chi connectivity index (χ4v) is 3.17. The number of amides is 1. The molecule has 0 fully saturated rings. The van der Waals surface area contributed by atoms with E-state index in [-0.39, 0.29) is 12.1 Å². The fourth-order valence-electron chi connectivity index (χ4n) is 3.17. The molecule has 0 saturated heterocycles. The highest BCUT2D eigenvalue weighted by Gasteiger charge is 2.34. The predicted octanol–water partition coefficient (Wildman–Crippen LogP) is 4.66. The van der Waals surface area contributed by atoms with E-state index in [9.17, 15) is 4.79 Å². The molecule has 3 aromatic rings. The lowest BCUT2D eigenvalue weighted by molar-refractivity contribution is 0.0644. The molecule has 126 valence electrons. The molecule has 0 bridgehead atoms. The summed E-state index contributed by atoms with van der Waals surface area (Å²) in [5.41, 5.74) is 3.82. The van der Waals surface area contributed by atoms with Crippen LogP contribution in [-0.4, -0.2) is 10.8 Å². The summed E-state index contributed by atoms with van der Waals surface area (Å²) >= 11 is 0. The number of hydrogen-bond donors (Lipinski definition) is 1. The van der Waals surface area contributed by atoms with Crippen molar-refractivity contribution < 1.29 is 9.21 Å². The lowest BCUT2D eigenvalue weighted by Crippen LogP contribution is -2.42. The third-order valence-electron chi connectivity index (χ3n) is 4.53. The zero-order valence-corrected chi connectivity index (χ0v) is 14.3. The van der Waals surface area contributed by atoms with Gasteiger partial charge in [-0.1, -0.05) is 42.0 Å². The Hall–Kier alpha value is -3.01. The monoisotopic (exact) mass is 332 g/mol. The van der Waals surface area contributed by atoms with Crippen LogP contribution in [0.4, 0.5) is 5.69 Å². The normalized spacial score (nSPS) is 16.5. The van der Waals surface area contributed by atoms with Gasteiger partial charge in [-0.05, 0) is 43.7 Å². The van der Waals surface area contributed by atoms with Crippen molar-refractivity contribution in [1.29, 1.82) is 0 Å². The average Bonchev–Trinajstić information content (AvgIpc) is 3.05. The molecule has 4 rings (SSSR count). The smallest absolute Gasteiger partial charge is 0.258 e. The minimum absolute atomic E-state index is 0.00831. The summed E-state index contributed by atoms with van der Waals surface area (Å²) in [5.74, 6) is 1.58. The summed E-state index contributed by atoms with van der Waals surface area (Å²) in [4.78, 5) is 14.9. The van der Waals surface area contributed by atoms with Crippen LogP contribution in [0.15, 0.2) is 65.1 Å². The van der Waals surface area contributed by atoms with E-state index in [1.54, 1.807) is 0 Å². The van der Waals surface area contributed by atoms with Crippen molar-refractivity contribution >= 4 is 11.6 Å². The van der Waals surface area contributed by atoms with E-state index in [1.807, 2.05) is 48.2 Å². The van der Waals surface area contributed by atoms with E-state index in [2.05, 4.69) is 36.5 Å². The molecule has 0 unspecified atom stereocenters. The highest BCUT2D eigenvalue weighted by molar-refractivity contribution is 6.01. The van der Waals surface area contributed by atoms with E-state index in [4.69, 9.17) is 4.42 Å². The molecule has 25 heavy (non-hydrogen) atoms. The van der Waals surface area contributed by atoms with Crippen molar-refractivity contribution in [3.05, 3.63) is 88.9 Å². The lowest BCUT2D eigenvalue weighted by Gasteiger charge is -2.36.